The molecule has 0 aromatic heterocycles. The average molecular weight is 316 g/mol. The van der Waals surface area contributed by atoms with E-state index in [1.807, 2.05) is 13.8 Å². The minimum atomic E-state index is -0.647. The van der Waals surface area contributed by atoms with Crippen molar-refractivity contribution in [3.63, 3.8) is 0 Å². The summed E-state index contributed by atoms with van der Waals surface area (Å²) < 4.78 is 9.70. The molecule has 22 heavy (non-hydrogen) atoms. The molecular weight excluding hydrogens is 288 g/mol. The lowest BCUT2D eigenvalue weighted by atomic mass is 10.1. The van der Waals surface area contributed by atoms with Crippen LogP contribution in [-0.4, -0.2) is 47.6 Å². The molecule has 0 aliphatic heterocycles. The first kappa shape index (κ1) is 20.6. The van der Waals surface area contributed by atoms with E-state index < -0.39 is 24.1 Å². The van der Waals surface area contributed by atoms with E-state index >= 15 is 0 Å². The van der Waals surface area contributed by atoms with E-state index in [0.29, 0.717) is 25.7 Å². The number of hydrogen-bond donors (Lipinski definition) is 2. The van der Waals surface area contributed by atoms with E-state index in [9.17, 15) is 19.8 Å². The third kappa shape index (κ3) is 12.3. The molecule has 0 bridgehead atoms. The summed E-state index contributed by atoms with van der Waals surface area (Å²) in [6.07, 6.45) is 4.89. The van der Waals surface area contributed by atoms with Gasteiger partial charge in [0, 0.05) is 25.0 Å². The quantitative estimate of drug-likeness (QED) is 0.421. The first-order valence-electron chi connectivity index (χ1n) is 7.87. The Morgan fingerprint density at radius 2 is 1.18 bits per heavy atom. The maximum absolute atomic E-state index is 11.3. The summed E-state index contributed by atoms with van der Waals surface area (Å²) in [5.41, 5.74) is 0. The average Bonchev–Trinajstić information content (AvgIpc) is 2.45. The molecule has 0 aliphatic carbocycles. The van der Waals surface area contributed by atoms with Crippen LogP contribution in [0.2, 0.25) is 0 Å². The van der Waals surface area contributed by atoms with Gasteiger partial charge in [0.15, 0.2) is 0 Å². The van der Waals surface area contributed by atoms with E-state index in [0.717, 1.165) is 25.0 Å². The highest BCUT2D eigenvalue weighted by molar-refractivity contribution is 5.91. The third-order valence-corrected chi connectivity index (χ3v) is 2.99. The maximum Gasteiger partial charge on any atom is 0.331 e. The molecule has 2 N–H and O–H groups in total. The summed E-state index contributed by atoms with van der Waals surface area (Å²) in [4.78, 5) is 22.6. The van der Waals surface area contributed by atoms with E-state index in [-0.39, 0.29) is 13.2 Å². The Bertz CT molecular complexity index is 308. The molecule has 0 radical (unpaired) electrons. The van der Waals surface area contributed by atoms with Crippen molar-refractivity contribution in [2.75, 3.05) is 13.2 Å². The van der Waals surface area contributed by atoms with Crippen molar-refractivity contribution in [3.8, 4) is 0 Å². The van der Waals surface area contributed by atoms with Crippen molar-refractivity contribution in [2.45, 2.75) is 64.6 Å². The molecule has 0 aromatic rings. The minimum Gasteiger partial charge on any atom is -0.462 e. The Labute approximate surface area is 132 Å². The second kappa shape index (κ2) is 13.3. The summed E-state index contributed by atoms with van der Waals surface area (Å²) in [7, 11) is 0. The van der Waals surface area contributed by atoms with Crippen molar-refractivity contribution >= 4 is 11.9 Å². The molecule has 2 unspecified atom stereocenters. The van der Waals surface area contributed by atoms with Crippen molar-refractivity contribution < 1.29 is 29.3 Å². The lowest BCUT2D eigenvalue weighted by Crippen LogP contribution is -2.13. The van der Waals surface area contributed by atoms with Crippen LogP contribution in [0.1, 0.15) is 52.4 Å². The summed E-state index contributed by atoms with van der Waals surface area (Å²) in [5.74, 6) is -1.29. The van der Waals surface area contributed by atoms with Gasteiger partial charge >= 0.3 is 11.9 Å². The van der Waals surface area contributed by atoms with Crippen LogP contribution < -0.4 is 0 Å². The summed E-state index contributed by atoms with van der Waals surface area (Å²) in [6.45, 7) is 4.15. The van der Waals surface area contributed by atoms with Gasteiger partial charge in [-0.1, -0.05) is 26.7 Å². The monoisotopic (exact) mass is 316 g/mol. The van der Waals surface area contributed by atoms with E-state index in [1.165, 1.54) is 0 Å². The normalized spacial score (nSPS) is 13.8. The van der Waals surface area contributed by atoms with E-state index in [4.69, 9.17) is 9.47 Å². The Balaban J connectivity index is 3.76. The topological polar surface area (TPSA) is 93.1 Å². The van der Waals surface area contributed by atoms with E-state index in [1.54, 1.807) is 0 Å². The predicted molar refractivity (Wildman–Crippen MR) is 82.1 cm³/mol. The summed E-state index contributed by atoms with van der Waals surface area (Å²) in [5, 5.41) is 18.9. The Morgan fingerprint density at radius 3 is 1.50 bits per heavy atom. The molecule has 0 aliphatic rings. The van der Waals surface area contributed by atoms with Gasteiger partial charge in [-0.25, -0.2) is 9.59 Å². The molecule has 6 nitrogen and oxygen atoms in total. The smallest absolute Gasteiger partial charge is 0.331 e. The number of ether oxygens (including phenoxy) is 2. The molecular formula is C16H28O6. The highest BCUT2D eigenvalue weighted by Gasteiger charge is 2.06. The van der Waals surface area contributed by atoms with Crippen molar-refractivity contribution in [2.24, 2.45) is 0 Å². The molecule has 0 amide bonds. The van der Waals surface area contributed by atoms with Crippen LogP contribution in [0.4, 0.5) is 0 Å². The zero-order valence-corrected chi connectivity index (χ0v) is 13.5. The number of aliphatic hydroxyl groups excluding tert-OH is 2. The number of aliphatic hydroxyl groups is 2. The summed E-state index contributed by atoms with van der Waals surface area (Å²) in [6, 6.07) is 0. The van der Waals surface area contributed by atoms with Gasteiger partial charge in [-0.15, -0.1) is 0 Å². The van der Waals surface area contributed by atoms with Crippen LogP contribution in [0.3, 0.4) is 0 Å². The standard InChI is InChI=1S/C16H28O6/c1-3-5-13(17)9-11-21-15(19)7-8-16(20)22-12-10-14(18)6-4-2/h7-8,13-14,17-18H,3-6,9-12H2,1-2H3. The molecule has 0 heterocycles. The van der Waals surface area contributed by atoms with Crippen LogP contribution in [-0.2, 0) is 19.1 Å². The van der Waals surface area contributed by atoms with Gasteiger partial charge in [0.25, 0.3) is 0 Å². The van der Waals surface area contributed by atoms with Gasteiger partial charge in [-0.3, -0.25) is 0 Å². The third-order valence-electron chi connectivity index (χ3n) is 2.99. The lowest BCUT2D eigenvalue weighted by Gasteiger charge is -2.09. The van der Waals surface area contributed by atoms with Crippen molar-refractivity contribution in [1.82, 2.24) is 0 Å². The van der Waals surface area contributed by atoms with Gasteiger partial charge < -0.3 is 19.7 Å². The van der Waals surface area contributed by atoms with Gasteiger partial charge in [0.2, 0.25) is 0 Å². The number of carbonyl (C=O) groups excluding carboxylic acids is 2. The van der Waals surface area contributed by atoms with Gasteiger partial charge in [0.1, 0.15) is 0 Å². The predicted octanol–water partition coefficient (Wildman–Crippen LogP) is 1.73. The van der Waals surface area contributed by atoms with Crippen molar-refractivity contribution in [3.05, 3.63) is 12.2 Å². The van der Waals surface area contributed by atoms with E-state index in [2.05, 4.69) is 0 Å². The molecule has 6 heteroatoms. The number of carbonyl (C=O) groups is 2. The first-order valence-corrected chi connectivity index (χ1v) is 7.87. The SMILES string of the molecule is CCCC(O)CCOC(=O)C=CC(=O)OCCC(O)CCC. The molecule has 0 rings (SSSR count). The van der Waals surface area contributed by atoms with Crippen LogP contribution >= 0.6 is 0 Å². The Hall–Kier alpha value is -1.40. The van der Waals surface area contributed by atoms with Crippen molar-refractivity contribution in [1.29, 1.82) is 0 Å². The largest absolute Gasteiger partial charge is 0.462 e. The molecule has 0 aromatic carbocycles. The molecule has 2 atom stereocenters. The fourth-order valence-corrected chi connectivity index (χ4v) is 1.78. The highest BCUT2D eigenvalue weighted by Crippen LogP contribution is 2.02. The minimum absolute atomic E-state index is 0.114. The fourth-order valence-electron chi connectivity index (χ4n) is 1.78. The second-order valence-electron chi connectivity index (χ2n) is 5.13. The van der Waals surface area contributed by atoms with Crippen LogP contribution in [0.15, 0.2) is 12.2 Å². The van der Waals surface area contributed by atoms with Gasteiger partial charge in [0.05, 0.1) is 25.4 Å². The van der Waals surface area contributed by atoms with Crippen LogP contribution in [0, 0.1) is 0 Å². The lowest BCUT2D eigenvalue weighted by molar-refractivity contribution is -0.141. The maximum atomic E-state index is 11.3. The summed E-state index contributed by atoms with van der Waals surface area (Å²) >= 11 is 0. The molecule has 0 spiro atoms. The number of rotatable bonds is 12. The molecule has 0 fully saturated rings. The van der Waals surface area contributed by atoms with Crippen LogP contribution in [0.25, 0.3) is 0 Å². The van der Waals surface area contributed by atoms with Gasteiger partial charge in [-0.2, -0.15) is 0 Å². The Morgan fingerprint density at radius 1 is 0.818 bits per heavy atom. The van der Waals surface area contributed by atoms with Gasteiger partial charge in [-0.05, 0) is 12.8 Å². The number of hydrogen-bond acceptors (Lipinski definition) is 6. The Kier molecular flexibility index (Phi) is 12.4. The molecule has 128 valence electrons. The first-order chi connectivity index (χ1) is 10.5. The zero-order valence-electron chi connectivity index (χ0n) is 13.5. The highest BCUT2D eigenvalue weighted by atomic mass is 16.5. The fraction of sp³-hybridized carbons (Fsp3) is 0.750. The molecule has 0 saturated heterocycles. The number of esters is 2. The second-order valence-corrected chi connectivity index (χ2v) is 5.13. The zero-order chi connectivity index (χ0) is 16.8. The van der Waals surface area contributed by atoms with Crippen LogP contribution in [0.5, 0.6) is 0 Å². The molecule has 0 saturated carbocycles.